The molecular formula is C21H20N6OS. The van der Waals surface area contributed by atoms with Gasteiger partial charge in [0.15, 0.2) is 0 Å². The monoisotopic (exact) mass is 404 g/mol. The van der Waals surface area contributed by atoms with Crippen molar-refractivity contribution >= 4 is 23.4 Å². The number of tetrazole rings is 1. The van der Waals surface area contributed by atoms with Crippen molar-refractivity contribution in [3.05, 3.63) is 72.4 Å². The van der Waals surface area contributed by atoms with Gasteiger partial charge in [0.25, 0.3) is 0 Å². The fourth-order valence-corrected chi connectivity index (χ4v) is 3.46. The van der Waals surface area contributed by atoms with Gasteiger partial charge in [-0.05, 0) is 59.0 Å². The number of H-pyrrole nitrogens is 1. The van der Waals surface area contributed by atoms with Crippen LogP contribution in [0.3, 0.4) is 0 Å². The molecule has 0 radical (unpaired) electrons. The number of nitrogens with one attached hydrogen (secondary N) is 2. The number of hydrogen-bond donors (Lipinski definition) is 2. The summed E-state index contributed by atoms with van der Waals surface area (Å²) in [7, 11) is 0. The molecule has 2 N–H and O–H groups in total. The van der Waals surface area contributed by atoms with Gasteiger partial charge in [-0.25, -0.2) is 0 Å². The molecule has 8 heteroatoms. The van der Waals surface area contributed by atoms with Crippen LogP contribution in [0.2, 0.25) is 0 Å². The molecule has 0 saturated carbocycles. The second kappa shape index (κ2) is 8.74. The Morgan fingerprint density at radius 1 is 1.10 bits per heavy atom. The minimum atomic E-state index is -0.0418. The predicted molar refractivity (Wildman–Crippen MR) is 114 cm³/mol. The normalized spacial score (nSPS) is 10.8. The molecule has 0 spiro atoms. The van der Waals surface area contributed by atoms with E-state index in [-0.39, 0.29) is 5.91 Å². The number of nitrogens with zero attached hydrogens (tertiary/aromatic N) is 4. The van der Waals surface area contributed by atoms with Gasteiger partial charge in [-0.2, -0.15) is 4.68 Å². The maximum atomic E-state index is 12.4. The maximum Gasteiger partial charge on any atom is 0.224 e. The molecule has 0 fully saturated rings. The second-order valence-corrected chi connectivity index (χ2v) is 7.21. The number of aromatic nitrogens is 5. The topological polar surface area (TPSA) is 88.5 Å². The zero-order valence-corrected chi connectivity index (χ0v) is 16.7. The highest BCUT2D eigenvalue weighted by molar-refractivity contribution is 7.98. The molecule has 1 amide bonds. The summed E-state index contributed by atoms with van der Waals surface area (Å²) in [6.07, 6.45) is 2.94. The Bertz CT molecular complexity index is 1110. The summed E-state index contributed by atoms with van der Waals surface area (Å²) in [5.74, 6) is -0.0418. The van der Waals surface area contributed by atoms with E-state index in [2.05, 4.69) is 38.0 Å². The molecule has 0 saturated heterocycles. The Morgan fingerprint density at radius 3 is 2.79 bits per heavy atom. The number of thioether (sulfide) groups is 1. The van der Waals surface area contributed by atoms with E-state index in [0.717, 1.165) is 22.6 Å². The van der Waals surface area contributed by atoms with Gasteiger partial charge >= 0.3 is 0 Å². The van der Waals surface area contributed by atoms with Crippen LogP contribution in [0, 0.1) is 0 Å². The molecule has 4 aromatic rings. The number of carbonyl (C=O) groups excluding carboxylic acids is 1. The van der Waals surface area contributed by atoms with Crippen molar-refractivity contribution in [2.75, 3.05) is 11.6 Å². The number of anilines is 1. The lowest BCUT2D eigenvalue weighted by Gasteiger charge is -2.08. The molecule has 2 aromatic heterocycles. The number of carbonyl (C=O) groups is 1. The quantitative estimate of drug-likeness (QED) is 0.455. The first-order valence-electron chi connectivity index (χ1n) is 9.19. The molecule has 29 heavy (non-hydrogen) atoms. The van der Waals surface area contributed by atoms with Crippen LogP contribution in [-0.2, 0) is 11.2 Å². The van der Waals surface area contributed by atoms with E-state index in [1.165, 1.54) is 11.8 Å². The number of benzene rings is 2. The molecule has 0 aliphatic rings. The summed E-state index contributed by atoms with van der Waals surface area (Å²) >= 11 is 1.46. The lowest BCUT2D eigenvalue weighted by molar-refractivity contribution is -0.116. The summed E-state index contributed by atoms with van der Waals surface area (Å²) in [6, 6.07) is 21.7. The van der Waals surface area contributed by atoms with Gasteiger partial charge in [-0.3, -0.25) is 4.79 Å². The van der Waals surface area contributed by atoms with Gasteiger partial charge in [0.05, 0.1) is 5.69 Å². The highest BCUT2D eigenvalue weighted by atomic mass is 32.2. The Hall–Kier alpha value is -3.39. The van der Waals surface area contributed by atoms with Crippen LogP contribution in [0.25, 0.3) is 16.9 Å². The zero-order chi connectivity index (χ0) is 20.1. The predicted octanol–water partition coefficient (Wildman–Crippen LogP) is 3.95. The first-order valence-corrected chi connectivity index (χ1v) is 10.4. The molecule has 4 rings (SSSR count). The summed E-state index contributed by atoms with van der Waals surface area (Å²) in [5, 5.41) is 15.3. The van der Waals surface area contributed by atoms with Crippen molar-refractivity contribution in [3.63, 3.8) is 0 Å². The molecule has 2 heterocycles. The van der Waals surface area contributed by atoms with Crippen LogP contribution in [0.4, 0.5) is 5.69 Å². The molecule has 146 valence electrons. The first-order chi connectivity index (χ1) is 14.2. The van der Waals surface area contributed by atoms with Crippen molar-refractivity contribution in [3.8, 4) is 16.9 Å². The highest BCUT2D eigenvalue weighted by Gasteiger charge is 2.09. The minimum absolute atomic E-state index is 0.0418. The molecule has 0 unspecified atom stereocenters. The fraction of sp³-hybridized carbons (Fsp3) is 0.143. The van der Waals surface area contributed by atoms with Crippen molar-refractivity contribution in [2.24, 2.45) is 0 Å². The van der Waals surface area contributed by atoms with E-state index < -0.39 is 0 Å². The Labute approximate surface area is 172 Å². The van der Waals surface area contributed by atoms with Crippen LogP contribution in [0.1, 0.15) is 12.1 Å². The van der Waals surface area contributed by atoms with Crippen LogP contribution < -0.4 is 5.32 Å². The average molecular weight is 404 g/mol. The third kappa shape index (κ3) is 4.55. The molecule has 2 aromatic carbocycles. The number of aryl methyl sites for hydroxylation is 1. The van der Waals surface area contributed by atoms with E-state index in [1.54, 1.807) is 4.68 Å². The number of aromatic amines is 1. The van der Waals surface area contributed by atoms with Crippen LogP contribution in [0.5, 0.6) is 0 Å². The summed E-state index contributed by atoms with van der Waals surface area (Å²) in [6.45, 7) is 0. The largest absolute Gasteiger partial charge is 0.358 e. The number of amides is 1. The first kappa shape index (κ1) is 18.9. The summed E-state index contributed by atoms with van der Waals surface area (Å²) in [5.41, 5.74) is 4.73. The molecule has 0 bridgehead atoms. The Kier molecular flexibility index (Phi) is 5.71. The van der Waals surface area contributed by atoms with Gasteiger partial charge in [0.2, 0.25) is 11.1 Å². The van der Waals surface area contributed by atoms with E-state index in [0.29, 0.717) is 23.7 Å². The molecule has 7 nitrogen and oxygen atoms in total. The Morgan fingerprint density at radius 2 is 1.97 bits per heavy atom. The summed E-state index contributed by atoms with van der Waals surface area (Å²) in [4.78, 5) is 15.8. The van der Waals surface area contributed by atoms with Crippen molar-refractivity contribution < 1.29 is 4.79 Å². The van der Waals surface area contributed by atoms with Crippen molar-refractivity contribution in [1.29, 1.82) is 0 Å². The zero-order valence-electron chi connectivity index (χ0n) is 15.9. The van der Waals surface area contributed by atoms with Crippen LogP contribution in [0.15, 0.2) is 71.9 Å². The maximum absolute atomic E-state index is 12.4. The van der Waals surface area contributed by atoms with Gasteiger partial charge < -0.3 is 10.3 Å². The molecular weight excluding hydrogens is 384 g/mol. The van der Waals surface area contributed by atoms with Crippen LogP contribution in [-0.4, -0.2) is 37.4 Å². The van der Waals surface area contributed by atoms with E-state index in [1.807, 2.05) is 60.9 Å². The summed E-state index contributed by atoms with van der Waals surface area (Å²) < 4.78 is 1.64. The van der Waals surface area contributed by atoms with E-state index >= 15 is 0 Å². The van der Waals surface area contributed by atoms with E-state index in [4.69, 9.17) is 0 Å². The standard InChI is InChI=1S/C21H20N6OS/c1-29-21-24-25-26-27(21)18-9-5-8-17(14-18)23-20(28)13-11-16-10-12-19(22-16)15-6-3-2-4-7-15/h2-10,12,14,22H,11,13H2,1H3,(H,23,28). The third-order valence-electron chi connectivity index (χ3n) is 4.45. The lowest BCUT2D eigenvalue weighted by atomic mass is 10.2. The Balaban J connectivity index is 1.37. The number of hydrogen-bond acceptors (Lipinski definition) is 5. The molecule has 0 aliphatic heterocycles. The average Bonchev–Trinajstić information content (AvgIpc) is 3.42. The minimum Gasteiger partial charge on any atom is -0.358 e. The number of rotatable bonds is 7. The van der Waals surface area contributed by atoms with Crippen molar-refractivity contribution in [1.82, 2.24) is 25.2 Å². The molecule has 0 aliphatic carbocycles. The third-order valence-corrected chi connectivity index (χ3v) is 5.07. The second-order valence-electron chi connectivity index (χ2n) is 6.44. The fourth-order valence-electron chi connectivity index (χ4n) is 3.03. The van der Waals surface area contributed by atoms with Gasteiger partial charge in [-0.15, -0.1) is 5.10 Å². The van der Waals surface area contributed by atoms with Crippen LogP contribution >= 0.6 is 11.8 Å². The SMILES string of the molecule is CSc1nnnn1-c1cccc(NC(=O)CCc2ccc(-c3ccccc3)[nH]2)c1. The van der Waals surface area contributed by atoms with E-state index in [9.17, 15) is 4.79 Å². The van der Waals surface area contributed by atoms with Crippen molar-refractivity contribution in [2.45, 2.75) is 18.0 Å². The van der Waals surface area contributed by atoms with Gasteiger partial charge in [0.1, 0.15) is 0 Å². The van der Waals surface area contributed by atoms with Gasteiger partial charge in [-0.1, -0.05) is 48.2 Å². The van der Waals surface area contributed by atoms with Gasteiger partial charge in [0, 0.05) is 23.5 Å². The highest BCUT2D eigenvalue weighted by Crippen LogP contribution is 2.20. The lowest BCUT2D eigenvalue weighted by Crippen LogP contribution is -2.12. The molecule has 0 atom stereocenters. The smallest absolute Gasteiger partial charge is 0.224 e.